The number of thioether (sulfide) groups is 1. The van der Waals surface area contributed by atoms with Crippen LogP contribution in [-0.4, -0.2) is 36.2 Å². The highest BCUT2D eigenvalue weighted by Gasteiger charge is 2.33. The van der Waals surface area contributed by atoms with Crippen molar-refractivity contribution < 1.29 is 9.53 Å². The fourth-order valence-corrected chi connectivity index (χ4v) is 4.95. The molecule has 3 aromatic rings. The smallest absolute Gasteiger partial charge is 0.266 e. The second-order valence-corrected chi connectivity index (χ2v) is 9.43. The van der Waals surface area contributed by atoms with E-state index in [0.29, 0.717) is 23.2 Å². The molecule has 1 aliphatic heterocycles. The van der Waals surface area contributed by atoms with Crippen LogP contribution in [0.4, 0.5) is 5.69 Å². The number of aliphatic imine (C=N–C) groups is 1. The van der Waals surface area contributed by atoms with Crippen LogP contribution >= 0.6 is 23.5 Å². The van der Waals surface area contributed by atoms with Gasteiger partial charge in [0.15, 0.2) is 5.17 Å². The molecule has 0 aromatic heterocycles. The molecule has 1 amide bonds. The Bertz CT molecular complexity index is 1120. The topological polar surface area (TPSA) is 41.9 Å². The van der Waals surface area contributed by atoms with E-state index in [1.807, 2.05) is 48.5 Å². The van der Waals surface area contributed by atoms with Crippen LogP contribution in [0.3, 0.4) is 0 Å². The molecule has 162 valence electrons. The summed E-state index contributed by atoms with van der Waals surface area (Å²) in [6, 6.07) is 26.4. The number of methoxy groups -OCH3 is 1. The predicted octanol–water partition coefficient (Wildman–Crippen LogP) is 6.40. The Labute approximate surface area is 197 Å². The molecule has 0 saturated carbocycles. The molecule has 0 unspecified atom stereocenters. The second-order valence-electron chi connectivity index (χ2n) is 7.27. The Morgan fingerprint density at radius 2 is 1.62 bits per heavy atom. The highest BCUT2D eigenvalue weighted by Crippen LogP contribution is 2.34. The van der Waals surface area contributed by atoms with Gasteiger partial charge in [-0.05, 0) is 66.7 Å². The van der Waals surface area contributed by atoms with Crippen LogP contribution in [0.5, 0.6) is 0 Å². The molecule has 32 heavy (non-hydrogen) atoms. The minimum absolute atomic E-state index is 0.0418. The molecule has 0 N–H and O–H groups in total. The number of carbonyl (C=O) groups excluding carboxylic acids is 1. The molecule has 4 rings (SSSR count). The van der Waals surface area contributed by atoms with Gasteiger partial charge in [-0.15, -0.1) is 0 Å². The van der Waals surface area contributed by atoms with E-state index in [-0.39, 0.29) is 5.91 Å². The number of amides is 1. The SMILES string of the molecule is COCCN1C(=O)/C(=C/c2ccc(Sc3ccc(C)cc3)cc2)SC1=Nc1ccccc1. The number of rotatable bonds is 7. The maximum atomic E-state index is 13.0. The zero-order chi connectivity index (χ0) is 22.3. The van der Waals surface area contributed by atoms with Crippen molar-refractivity contribution in [3.05, 3.63) is 94.9 Å². The van der Waals surface area contributed by atoms with Crippen LogP contribution in [0, 0.1) is 6.92 Å². The van der Waals surface area contributed by atoms with Crippen molar-refractivity contribution >= 4 is 46.4 Å². The molecule has 0 radical (unpaired) electrons. The fraction of sp³-hybridized carbons (Fsp3) is 0.154. The van der Waals surface area contributed by atoms with E-state index in [1.165, 1.54) is 22.2 Å². The summed E-state index contributed by atoms with van der Waals surface area (Å²) in [5.41, 5.74) is 3.07. The Hall–Kier alpha value is -2.80. The minimum atomic E-state index is -0.0418. The number of hydrogen-bond donors (Lipinski definition) is 0. The lowest BCUT2D eigenvalue weighted by Gasteiger charge is -2.14. The van der Waals surface area contributed by atoms with Gasteiger partial charge >= 0.3 is 0 Å². The summed E-state index contributed by atoms with van der Waals surface area (Å²) in [6.07, 6.45) is 1.93. The summed E-state index contributed by atoms with van der Waals surface area (Å²) in [7, 11) is 1.63. The molecule has 1 aliphatic rings. The maximum absolute atomic E-state index is 13.0. The first-order valence-corrected chi connectivity index (χ1v) is 11.9. The van der Waals surface area contributed by atoms with Crippen LogP contribution in [0.25, 0.3) is 6.08 Å². The average molecular weight is 461 g/mol. The fourth-order valence-electron chi connectivity index (χ4n) is 3.11. The molecule has 0 spiro atoms. The number of benzene rings is 3. The molecular weight excluding hydrogens is 436 g/mol. The van der Waals surface area contributed by atoms with Gasteiger partial charge in [-0.2, -0.15) is 0 Å². The predicted molar refractivity (Wildman–Crippen MR) is 134 cm³/mol. The Kier molecular flexibility index (Phi) is 7.47. The summed E-state index contributed by atoms with van der Waals surface area (Å²) < 4.78 is 5.19. The number of amidine groups is 1. The van der Waals surface area contributed by atoms with Crippen LogP contribution in [0.15, 0.2) is 98.6 Å². The van der Waals surface area contributed by atoms with Gasteiger partial charge in [0.2, 0.25) is 0 Å². The Balaban J connectivity index is 1.52. The Morgan fingerprint density at radius 3 is 2.28 bits per heavy atom. The van der Waals surface area contributed by atoms with Gasteiger partial charge in [0, 0.05) is 16.9 Å². The number of ether oxygens (including phenoxy) is 1. The normalized spacial score (nSPS) is 16.3. The summed E-state index contributed by atoms with van der Waals surface area (Å²) in [5.74, 6) is -0.0418. The van der Waals surface area contributed by atoms with Gasteiger partial charge in [-0.25, -0.2) is 4.99 Å². The van der Waals surface area contributed by atoms with Crippen LogP contribution in [-0.2, 0) is 9.53 Å². The summed E-state index contributed by atoms with van der Waals surface area (Å²) in [6.45, 7) is 3.02. The van der Waals surface area contributed by atoms with Gasteiger partial charge in [-0.1, -0.05) is 59.8 Å². The number of para-hydroxylation sites is 1. The van der Waals surface area contributed by atoms with Crippen molar-refractivity contribution in [2.24, 2.45) is 4.99 Å². The summed E-state index contributed by atoms with van der Waals surface area (Å²) >= 11 is 3.13. The molecule has 0 atom stereocenters. The third-order valence-electron chi connectivity index (χ3n) is 4.82. The van der Waals surface area contributed by atoms with Crippen molar-refractivity contribution in [1.29, 1.82) is 0 Å². The first-order valence-electron chi connectivity index (χ1n) is 10.3. The highest BCUT2D eigenvalue weighted by atomic mass is 32.2. The number of carbonyl (C=O) groups is 1. The molecule has 1 heterocycles. The van der Waals surface area contributed by atoms with Crippen molar-refractivity contribution in [2.45, 2.75) is 16.7 Å². The lowest BCUT2D eigenvalue weighted by Crippen LogP contribution is -2.32. The lowest BCUT2D eigenvalue weighted by molar-refractivity contribution is -0.122. The van der Waals surface area contributed by atoms with Gasteiger partial charge in [0.1, 0.15) is 0 Å². The van der Waals surface area contributed by atoms with Gasteiger partial charge in [0.25, 0.3) is 5.91 Å². The van der Waals surface area contributed by atoms with Gasteiger partial charge in [-0.3, -0.25) is 9.69 Å². The largest absolute Gasteiger partial charge is 0.383 e. The third kappa shape index (κ3) is 5.71. The summed E-state index contributed by atoms with van der Waals surface area (Å²) in [5, 5.41) is 0.677. The van der Waals surface area contributed by atoms with Gasteiger partial charge < -0.3 is 4.74 Å². The zero-order valence-corrected chi connectivity index (χ0v) is 19.7. The molecule has 6 heteroatoms. The lowest BCUT2D eigenvalue weighted by atomic mass is 10.2. The first-order chi connectivity index (χ1) is 15.6. The standard InChI is InChI=1S/C26H24N2O2S2/c1-19-8-12-22(13-9-19)31-23-14-10-20(11-15-23)18-24-25(29)28(16-17-30-2)26(32-24)27-21-6-4-3-5-7-21/h3-15,18H,16-17H2,1-2H3/b24-18-,27-26?. The molecule has 4 nitrogen and oxygen atoms in total. The van der Waals surface area contributed by atoms with E-state index in [1.54, 1.807) is 23.8 Å². The van der Waals surface area contributed by atoms with Crippen molar-refractivity contribution in [1.82, 2.24) is 4.90 Å². The van der Waals surface area contributed by atoms with E-state index < -0.39 is 0 Å². The second kappa shape index (κ2) is 10.7. The first kappa shape index (κ1) is 22.4. The van der Waals surface area contributed by atoms with E-state index in [4.69, 9.17) is 4.74 Å². The molecule has 0 bridgehead atoms. The van der Waals surface area contributed by atoms with Crippen LogP contribution in [0.2, 0.25) is 0 Å². The van der Waals surface area contributed by atoms with Crippen molar-refractivity contribution in [3.63, 3.8) is 0 Å². The zero-order valence-electron chi connectivity index (χ0n) is 18.0. The average Bonchev–Trinajstić information content (AvgIpc) is 3.09. The molecule has 3 aromatic carbocycles. The number of nitrogens with zero attached hydrogens (tertiary/aromatic N) is 2. The molecule has 1 saturated heterocycles. The molecular formula is C26H24N2O2S2. The van der Waals surface area contributed by atoms with Crippen molar-refractivity contribution in [3.8, 4) is 0 Å². The third-order valence-corrected chi connectivity index (χ3v) is 6.84. The highest BCUT2D eigenvalue weighted by molar-refractivity contribution is 8.18. The molecule has 0 aliphatic carbocycles. The van der Waals surface area contributed by atoms with E-state index in [0.717, 1.165) is 16.1 Å². The quantitative estimate of drug-likeness (QED) is 0.383. The maximum Gasteiger partial charge on any atom is 0.266 e. The number of aryl methyl sites for hydroxylation is 1. The summed E-state index contributed by atoms with van der Waals surface area (Å²) in [4.78, 5) is 22.5. The monoisotopic (exact) mass is 460 g/mol. The Morgan fingerprint density at radius 1 is 0.969 bits per heavy atom. The van der Waals surface area contributed by atoms with Crippen LogP contribution < -0.4 is 0 Å². The number of hydrogen-bond acceptors (Lipinski definition) is 5. The van der Waals surface area contributed by atoms with Crippen LogP contribution in [0.1, 0.15) is 11.1 Å². The minimum Gasteiger partial charge on any atom is -0.383 e. The van der Waals surface area contributed by atoms with Crippen molar-refractivity contribution in [2.75, 3.05) is 20.3 Å². The van der Waals surface area contributed by atoms with Gasteiger partial charge in [0.05, 0.1) is 23.7 Å². The van der Waals surface area contributed by atoms with E-state index in [2.05, 4.69) is 48.3 Å². The van der Waals surface area contributed by atoms with E-state index >= 15 is 0 Å². The molecule has 1 fully saturated rings. The van der Waals surface area contributed by atoms with E-state index in [9.17, 15) is 4.79 Å².